The lowest BCUT2D eigenvalue weighted by molar-refractivity contribution is -0.145. The maximum Gasteiger partial charge on any atom is 0.226 e. The molecule has 5 heteroatoms. The van der Waals surface area contributed by atoms with Crippen molar-refractivity contribution in [3.8, 4) is 0 Å². The van der Waals surface area contributed by atoms with Crippen LogP contribution in [0.25, 0.3) is 0 Å². The number of amides is 1. The van der Waals surface area contributed by atoms with Crippen molar-refractivity contribution < 1.29 is 9.53 Å². The quantitative estimate of drug-likeness (QED) is 0.843. The van der Waals surface area contributed by atoms with Crippen molar-refractivity contribution in [3.05, 3.63) is 17.0 Å². The lowest BCUT2D eigenvalue weighted by Crippen LogP contribution is -2.46. The van der Waals surface area contributed by atoms with Crippen LogP contribution in [0.15, 0.2) is 0 Å². The fraction of sp³-hybridized carbons (Fsp3) is 0.765. The van der Waals surface area contributed by atoms with E-state index < -0.39 is 0 Å². The largest absolute Gasteiger partial charge is 0.377 e. The molecule has 1 aromatic rings. The summed E-state index contributed by atoms with van der Waals surface area (Å²) in [6, 6.07) is 0.0249. The molecule has 1 atom stereocenters. The van der Waals surface area contributed by atoms with Crippen LogP contribution >= 0.6 is 0 Å². The van der Waals surface area contributed by atoms with Crippen LogP contribution < -0.4 is 0 Å². The Hall–Kier alpha value is -1.36. The monoisotopic (exact) mass is 305 g/mol. The highest BCUT2D eigenvalue weighted by Crippen LogP contribution is 2.33. The molecule has 2 fully saturated rings. The van der Waals surface area contributed by atoms with Gasteiger partial charge in [-0.1, -0.05) is 19.3 Å². The summed E-state index contributed by atoms with van der Waals surface area (Å²) in [6.07, 6.45) is 5.76. The first-order valence-corrected chi connectivity index (χ1v) is 8.48. The smallest absolute Gasteiger partial charge is 0.226 e. The number of carbonyl (C=O) groups excluding carboxylic acids is 1. The molecule has 22 heavy (non-hydrogen) atoms. The first kappa shape index (κ1) is 15.5. The van der Waals surface area contributed by atoms with Crippen molar-refractivity contribution in [1.29, 1.82) is 0 Å². The number of hydrogen-bond acceptors (Lipinski definition) is 3. The van der Waals surface area contributed by atoms with Crippen molar-refractivity contribution in [2.45, 2.75) is 52.0 Å². The first-order valence-electron chi connectivity index (χ1n) is 8.48. The summed E-state index contributed by atoms with van der Waals surface area (Å²) < 4.78 is 7.60. The van der Waals surface area contributed by atoms with Crippen molar-refractivity contribution in [2.75, 3.05) is 19.8 Å². The van der Waals surface area contributed by atoms with Gasteiger partial charge in [-0.2, -0.15) is 5.10 Å². The molecule has 3 rings (SSSR count). The van der Waals surface area contributed by atoms with Gasteiger partial charge in [0.05, 0.1) is 24.9 Å². The Morgan fingerprint density at radius 1 is 1.23 bits per heavy atom. The second kappa shape index (κ2) is 6.41. The molecule has 1 saturated carbocycles. The standard InChI is InChI=1S/C17H27N3O2/c1-12-16(13(2)19(3)18-12)15-11-22-10-9-20(15)17(21)14-7-5-4-6-8-14/h14-15H,4-11H2,1-3H3/t15-/m0/s1. The Labute approximate surface area is 132 Å². The van der Waals surface area contributed by atoms with E-state index in [4.69, 9.17) is 4.74 Å². The van der Waals surface area contributed by atoms with Crippen LogP contribution in [0.1, 0.15) is 55.1 Å². The molecule has 0 unspecified atom stereocenters. The van der Waals surface area contributed by atoms with Crippen molar-refractivity contribution in [2.24, 2.45) is 13.0 Å². The molecular weight excluding hydrogens is 278 g/mol. The Morgan fingerprint density at radius 2 is 1.95 bits per heavy atom. The van der Waals surface area contributed by atoms with E-state index >= 15 is 0 Å². The summed E-state index contributed by atoms with van der Waals surface area (Å²) in [4.78, 5) is 15.1. The maximum absolute atomic E-state index is 13.0. The number of aromatic nitrogens is 2. The molecule has 1 saturated heterocycles. The van der Waals surface area contributed by atoms with Gasteiger partial charge in [-0.05, 0) is 26.7 Å². The van der Waals surface area contributed by atoms with Gasteiger partial charge in [-0.25, -0.2) is 0 Å². The Morgan fingerprint density at radius 3 is 2.59 bits per heavy atom. The summed E-state index contributed by atoms with van der Waals surface area (Å²) in [6.45, 7) is 6.04. The minimum Gasteiger partial charge on any atom is -0.377 e. The van der Waals surface area contributed by atoms with E-state index in [1.807, 2.05) is 18.7 Å². The molecule has 1 aromatic heterocycles. The number of ether oxygens (including phenoxy) is 1. The number of hydrogen-bond donors (Lipinski definition) is 0. The van der Waals surface area contributed by atoms with Gasteiger partial charge in [0.1, 0.15) is 0 Å². The van der Waals surface area contributed by atoms with E-state index in [9.17, 15) is 4.79 Å². The molecule has 1 amide bonds. The Bertz CT molecular complexity index is 546. The molecule has 1 aliphatic carbocycles. The molecule has 2 heterocycles. The van der Waals surface area contributed by atoms with Crippen LogP contribution in [0, 0.1) is 19.8 Å². The maximum atomic E-state index is 13.0. The highest BCUT2D eigenvalue weighted by atomic mass is 16.5. The number of morpholine rings is 1. The molecule has 122 valence electrons. The number of aryl methyl sites for hydroxylation is 2. The zero-order valence-electron chi connectivity index (χ0n) is 14.0. The minimum absolute atomic E-state index is 0.0249. The highest BCUT2D eigenvalue weighted by Gasteiger charge is 2.35. The summed E-state index contributed by atoms with van der Waals surface area (Å²) in [5, 5.41) is 4.52. The number of rotatable bonds is 2. The summed E-state index contributed by atoms with van der Waals surface area (Å²) in [7, 11) is 1.96. The third kappa shape index (κ3) is 2.78. The lowest BCUT2D eigenvalue weighted by atomic mass is 9.87. The van der Waals surface area contributed by atoms with Gasteiger partial charge in [0, 0.05) is 30.8 Å². The Kier molecular flexibility index (Phi) is 4.52. The molecule has 1 aliphatic heterocycles. The SMILES string of the molecule is Cc1nn(C)c(C)c1[C@@H]1COCCN1C(=O)C1CCCCC1. The van der Waals surface area contributed by atoms with Crippen LogP contribution in [0.2, 0.25) is 0 Å². The first-order chi connectivity index (χ1) is 10.6. The molecule has 0 aromatic carbocycles. The fourth-order valence-corrected chi connectivity index (χ4v) is 3.96. The average molecular weight is 305 g/mol. The van der Waals surface area contributed by atoms with Gasteiger partial charge in [0.15, 0.2) is 0 Å². The molecule has 0 N–H and O–H groups in total. The van der Waals surface area contributed by atoms with E-state index in [1.54, 1.807) is 0 Å². The summed E-state index contributed by atoms with van der Waals surface area (Å²) >= 11 is 0. The Balaban J connectivity index is 1.86. The second-order valence-electron chi connectivity index (χ2n) is 6.67. The van der Waals surface area contributed by atoms with E-state index in [0.29, 0.717) is 25.7 Å². The fourth-order valence-electron chi connectivity index (χ4n) is 3.96. The lowest BCUT2D eigenvalue weighted by Gasteiger charge is -2.38. The second-order valence-corrected chi connectivity index (χ2v) is 6.67. The predicted molar refractivity (Wildman–Crippen MR) is 84.5 cm³/mol. The van der Waals surface area contributed by atoms with Crippen LogP contribution in [-0.4, -0.2) is 40.3 Å². The predicted octanol–water partition coefficient (Wildman–Crippen LogP) is 2.52. The van der Waals surface area contributed by atoms with Crippen LogP contribution in [0.4, 0.5) is 0 Å². The third-order valence-corrected chi connectivity index (χ3v) is 5.26. The third-order valence-electron chi connectivity index (χ3n) is 5.26. The van der Waals surface area contributed by atoms with E-state index in [1.165, 1.54) is 24.8 Å². The molecule has 0 spiro atoms. The topological polar surface area (TPSA) is 47.4 Å². The number of carbonyl (C=O) groups is 1. The molecule has 2 aliphatic rings. The van der Waals surface area contributed by atoms with Gasteiger partial charge in [-0.3, -0.25) is 9.48 Å². The van der Waals surface area contributed by atoms with Gasteiger partial charge < -0.3 is 9.64 Å². The molecular formula is C17H27N3O2. The van der Waals surface area contributed by atoms with Crippen molar-refractivity contribution in [3.63, 3.8) is 0 Å². The molecule has 0 bridgehead atoms. The normalized spacial score (nSPS) is 23.8. The van der Waals surface area contributed by atoms with Gasteiger partial charge in [0.25, 0.3) is 0 Å². The van der Waals surface area contributed by atoms with E-state index in [0.717, 1.165) is 24.2 Å². The van der Waals surface area contributed by atoms with Gasteiger partial charge in [-0.15, -0.1) is 0 Å². The van der Waals surface area contributed by atoms with Crippen LogP contribution in [0.5, 0.6) is 0 Å². The summed E-state index contributed by atoms with van der Waals surface area (Å²) in [5.74, 6) is 0.544. The van der Waals surface area contributed by atoms with E-state index in [2.05, 4.69) is 16.9 Å². The zero-order chi connectivity index (χ0) is 15.7. The van der Waals surface area contributed by atoms with Crippen LogP contribution in [-0.2, 0) is 16.6 Å². The van der Waals surface area contributed by atoms with Crippen LogP contribution in [0.3, 0.4) is 0 Å². The number of nitrogens with zero attached hydrogens (tertiary/aromatic N) is 3. The summed E-state index contributed by atoms with van der Waals surface area (Å²) in [5.41, 5.74) is 3.32. The zero-order valence-corrected chi connectivity index (χ0v) is 14.0. The van der Waals surface area contributed by atoms with Gasteiger partial charge in [0.2, 0.25) is 5.91 Å². The van der Waals surface area contributed by atoms with Crippen molar-refractivity contribution in [1.82, 2.24) is 14.7 Å². The molecule has 0 radical (unpaired) electrons. The van der Waals surface area contributed by atoms with Gasteiger partial charge >= 0.3 is 0 Å². The minimum atomic E-state index is 0.0249. The average Bonchev–Trinajstić information content (AvgIpc) is 2.80. The molecule has 5 nitrogen and oxygen atoms in total. The van der Waals surface area contributed by atoms with E-state index in [-0.39, 0.29) is 12.0 Å². The van der Waals surface area contributed by atoms with Crippen molar-refractivity contribution >= 4 is 5.91 Å². The highest BCUT2D eigenvalue weighted by molar-refractivity contribution is 5.79.